The number of rotatable bonds is 4. The van der Waals surface area contributed by atoms with Crippen molar-refractivity contribution in [2.24, 2.45) is 0 Å². The van der Waals surface area contributed by atoms with Gasteiger partial charge in [0, 0.05) is 11.1 Å². The van der Waals surface area contributed by atoms with Crippen molar-refractivity contribution >= 4 is 34.5 Å². The van der Waals surface area contributed by atoms with Crippen LogP contribution in [0.3, 0.4) is 0 Å². The van der Waals surface area contributed by atoms with Crippen LogP contribution < -0.4 is 10.4 Å². The average Bonchev–Trinajstić information content (AvgIpc) is 2.75. The molecule has 0 saturated heterocycles. The van der Waals surface area contributed by atoms with Crippen molar-refractivity contribution in [1.29, 1.82) is 0 Å². The molecule has 4 aromatic rings. The maximum absolute atomic E-state index is 14.4. The Morgan fingerprint density at radius 2 is 1.70 bits per heavy atom. The van der Waals surface area contributed by atoms with Crippen LogP contribution >= 0.6 is 11.6 Å². The van der Waals surface area contributed by atoms with Gasteiger partial charge in [-0.05, 0) is 42.0 Å². The van der Waals surface area contributed by atoms with E-state index in [4.69, 9.17) is 16.4 Å². The minimum absolute atomic E-state index is 0.0308. The molecule has 148 valence electrons. The molecule has 0 aliphatic heterocycles. The summed E-state index contributed by atoms with van der Waals surface area (Å²) >= 11 is 6.07. The Hall–Kier alpha value is -3.77. The summed E-state index contributed by atoms with van der Waals surface area (Å²) in [4.78, 5) is 35.0. The van der Waals surface area contributed by atoms with Crippen molar-refractivity contribution in [3.8, 4) is 11.4 Å². The molecule has 0 amide bonds. The number of aromatic nitrogens is 2. The predicted molar refractivity (Wildman–Crippen MR) is 113 cm³/mol. The van der Waals surface area contributed by atoms with E-state index in [-0.39, 0.29) is 16.8 Å². The number of hydrogen-bond acceptors (Lipinski definition) is 4. The Labute approximate surface area is 175 Å². The third kappa shape index (κ3) is 3.86. The Morgan fingerprint density at radius 1 is 1.00 bits per heavy atom. The lowest BCUT2D eigenvalue weighted by molar-refractivity contribution is -0.138. The van der Waals surface area contributed by atoms with Gasteiger partial charge in [0.25, 0.3) is 5.56 Å². The summed E-state index contributed by atoms with van der Waals surface area (Å²) in [5, 5.41) is 0.693. The second-order valence-corrected chi connectivity index (χ2v) is 6.70. The SMILES string of the molecule is O=C(/C=C/c1ccccc1Cl)On1c(-c2ccccc2F)nc2ccccc2c1=O. The van der Waals surface area contributed by atoms with E-state index in [2.05, 4.69) is 4.98 Å². The van der Waals surface area contributed by atoms with Gasteiger partial charge in [0.05, 0.1) is 16.5 Å². The molecule has 0 N–H and O–H groups in total. The second kappa shape index (κ2) is 8.31. The normalized spacial score (nSPS) is 11.1. The zero-order valence-corrected chi connectivity index (χ0v) is 16.2. The van der Waals surface area contributed by atoms with Gasteiger partial charge < -0.3 is 4.84 Å². The molecule has 0 aliphatic carbocycles. The summed E-state index contributed by atoms with van der Waals surface area (Å²) in [5.74, 6) is -1.56. The highest BCUT2D eigenvalue weighted by atomic mass is 35.5. The molecule has 0 aliphatic rings. The summed E-state index contributed by atoms with van der Waals surface area (Å²) in [6.07, 6.45) is 2.60. The molecule has 0 saturated carbocycles. The first kappa shape index (κ1) is 19.5. The molecule has 7 heteroatoms. The van der Waals surface area contributed by atoms with Crippen LogP contribution in [0.4, 0.5) is 4.39 Å². The van der Waals surface area contributed by atoms with Crippen LogP contribution in [0.25, 0.3) is 28.4 Å². The van der Waals surface area contributed by atoms with E-state index in [9.17, 15) is 14.0 Å². The third-order valence-electron chi connectivity index (χ3n) is 4.34. The van der Waals surface area contributed by atoms with E-state index in [0.717, 1.165) is 6.08 Å². The van der Waals surface area contributed by atoms with E-state index in [1.807, 2.05) is 0 Å². The molecule has 0 radical (unpaired) electrons. The molecule has 30 heavy (non-hydrogen) atoms. The second-order valence-electron chi connectivity index (χ2n) is 6.30. The minimum Gasteiger partial charge on any atom is -0.327 e. The number of hydrogen-bond donors (Lipinski definition) is 0. The highest BCUT2D eigenvalue weighted by molar-refractivity contribution is 6.32. The molecule has 0 bridgehead atoms. The van der Waals surface area contributed by atoms with Gasteiger partial charge in [-0.25, -0.2) is 14.2 Å². The van der Waals surface area contributed by atoms with Crippen molar-refractivity contribution in [2.75, 3.05) is 0 Å². The van der Waals surface area contributed by atoms with Crippen molar-refractivity contribution < 1.29 is 14.0 Å². The standard InChI is InChI=1S/C23H14ClFN2O3/c24-18-10-4-1-7-15(18)13-14-21(28)30-27-22(16-8-2-5-11-19(16)25)26-20-12-6-3-9-17(20)23(27)29/h1-14H/b14-13+. The van der Waals surface area contributed by atoms with Gasteiger partial charge in [0.15, 0.2) is 5.82 Å². The fourth-order valence-corrected chi connectivity index (χ4v) is 3.10. The quantitative estimate of drug-likeness (QED) is 0.455. The van der Waals surface area contributed by atoms with Crippen LogP contribution in [0.1, 0.15) is 5.56 Å². The summed E-state index contributed by atoms with van der Waals surface area (Å²) in [5.41, 5.74) is 0.371. The number of fused-ring (bicyclic) bond motifs is 1. The van der Waals surface area contributed by atoms with Gasteiger partial charge >= 0.3 is 5.97 Å². The zero-order valence-electron chi connectivity index (χ0n) is 15.5. The molecule has 0 atom stereocenters. The van der Waals surface area contributed by atoms with Gasteiger partial charge in [-0.1, -0.05) is 54.1 Å². The van der Waals surface area contributed by atoms with Crippen molar-refractivity contribution in [2.45, 2.75) is 0 Å². The zero-order chi connectivity index (χ0) is 21.1. The first-order valence-corrected chi connectivity index (χ1v) is 9.34. The number of carbonyl (C=O) groups is 1. The van der Waals surface area contributed by atoms with E-state index in [1.54, 1.807) is 54.6 Å². The Bertz CT molecular complexity index is 1350. The lowest BCUT2D eigenvalue weighted by Gasteiger charge is -2.12. The van der Waals surface area contributed by atoms with E-state index >= 15 is 0 Å². The van der Waals surface area contributed by atoms with Gasteiger partial charge in [0.2, 0.25) is 0 Å². The summed E-state index contributed by atoms with van der Waals surface area (Å²) in [6.45, 7) is 0. The maximum Gasteiger partial charge on any atom is 0.356 e. The first-order chi connectivity index (χ1) is 14.5. The lowest BCUT2D eigenvalue weighted by atomic mass is 10.2. The molecule has 1 heterocycles. The van der Waals surface area contributed by atoms with Crippen LogP contribution in [0.2, 0.25) is 5.02 Å². The molecule has 4 rings (SSSR count). The molecule has 0 fully saturated rings. The van der Waals surface area contributed by atoms with Crippen LogP contribution in [-0.2, 0) is 4.79 Å². The Kier molecular flexibility index (Phi) is 5.41. The summed E-state index contributed by atoms with van der Waals surface area (Å²) in [7, 11) is 0. The third-order valence-corrected chi connectivity index (χ3v) is 4.68. The van der Waals surface area contributed by atoms with Crippen molar-refractivity contribution in [3.05, 3.63) is 106 Å². The summed E-state index contributed by atoms with van der Waals surface area (Å²) < 4.78 is 15.1. The fraction of sp³-hybridized carbons (Fsp3) is 0. The molecule has 0 spiro atoms. The molecule has 5 nitrogen and oxygen atoms in total. The highest BCUT2D eigenvalue weighted by Gasteiger charge is 2.18. The van der Waals surface area contributed by atoms with E-state index in [1.165, 1.54) is 24.3 Å². The van der Waals surface area contributed by atoms with Gasteiger partial charge in [0.1, 0.15) is 5.82 Å². The molecular formula is C23H14ClFN2O3. The van der Waals surface area contributed by atoms with Crippen LogP contribution in [0, 0.1) is 5.82 Å². The number of nitrogens with zero attached hydrogens (tertiary/aromatic N) is 2. The van der Waals surface area contributed by atoms with Crippen LogP contribution in [0.5, 0.6) is 0 Å². The molecular weight excluding hydrogens is 407 g/mol. The van der Waals surface area contributed by atoms with Crippen LogP contribution in [-0.4, -0.2) is 15.7 Å². The monoisotopic (exact) mass is 420 g/mol. The largest absolute Gasteiger partial charge is 0.356 e. The van der Waals surface area contributed by atoms with Gasteiger partial charge in [-0.15, -0.1) is 4.73 Å². The Morgan fingerprint density at radius 3 is 2.50 bits per heavy atom. The number of carbonyl (C=O) groups excluding carboxylic acids is 1. The Balaban J connectivity index is 1.79. The molecule has 1 aromatic heterocycles. The van der Waals surface area contributed by atoms with E-state index < -0.39 is 17.3 Å². The average molecular weight is 421 g/mol. The number of para-hydroxylation sites is 1. The maximum atomic E-state index is 14.4. The molecule has 0 unspecified atom stereocenters. The smallest absolute Gasteiger partial charge is 0.327 e. The minimum atomic E-state index is -0.841. The van der Waals surface area contributed by atoms with Crippen molar-refractivity contribution in [1.82, 2.24) is 9.71 Å². The van der Waals surface area contributed by atoms with Gasteiger partial charge in [-0.2, -0.15) is 0 Å². The first-order valence-electron chi connectivity index (χ1n) is 8.96. The predicted octanol–water partition coefficient (Wildman–Crippen LogP) is 4.52. The lowest BCUT2D eigenvalue weighted by Crippen LogP contribution is -2.32. The molecule has 3 aromatic carbocycles. The van der Waals surface area contributed by atoms with E-state index in [0.29, 0.717) is 20.8 Å². The van der Waals surface area contributed by atoms with Gasteiger partial charge in [-0.3, -0.25) is 4.79 Å². The number of halogens is 2. The topological polar surface area (TPSA) is 61.2 Å². The number of benzene rings is 3. The fourth-order valence-electron chi connectivity index (χ4n) is 2.90. The van der Waals surface area contributed by atoms with Crippen molar-refractivity contribution in [3.63, 3.8) is 0 Å². The van der Waals surface area contributed by atoms with Crippen LogP contribution in [0.15, 0.2) is 83.7 Å². The summed E-state index contributed by atoms with van der Waals surface area (Å²) in [6, 6.07) is 19.3. The highest BCUT2D eigenvalue weighted by Crippen LogP contribution is 2.21.